The molecule has 1 aliphatic rings. The van der Waals surface area contributed by atoms with Gasteiger partial charge in [-0.05, 0) is 12.1 Å². The lowest BCUT2D eigenvalue weighted by atomic mass is 10.2. The Morgan fingerprint density at radius 2 is 1.70 bits per heavy atom. The van der Waals surface area contributed by atoms with Crippen molar-refractivity contribution in [3.05, 3.63) is 66.6 Å². The van der Waals surface area contributed by atoms with E-state index in [1.165, 1.54) is 0 Å². The van der Waals surface area contributed by atoms with Gasteiger partial charge in [0.25, 0.3) is 0 Å². The molecule has 0 spiro atoms. The topological polar surface area (TPSA) is 68.1 Å². The number of benzene rings is 2. The first kappa shape index (κ1) is 18.6. The highest BCUT2D eigenvalue weighted by molar-refractivity contribution is 5.90. The Balaban J connectivity index is 1.41. The number of nitrogens with zero attached hydrogens (tertiary/aromatic N) is 5. The second-order valence-corrected chi connectivity index (χ2v) is 7.36. The average Bonchev–Trinajstić information content (AvgIpc) is 3.19. The van der Waals surface area contributed by atoms with Crippen molar-refractivity contribution in [2.24, 2.45) is 7.05 Å². The van der Waals surface area contributed by atoms with Crippen molar-refractivity contribution in [1.29, 1.82) is 0 Å². The summed E-state index contributed by atoms with van der Waals surface area (Å²) in [5.74, 6) is 2.49. The van der Waals surface area contributed by atoms with Crippen molar-refractivity contribution in [3.63, 3.8) is 0 Å². The number of nitrogens with one attached hydrogen (secondary N) is 1. The molecule has 2 aromatic heterocycles. The molecule has 0 aliphatic carbocycles. The third-order valence-electron chi connectivity index (χ3n) is 5.34. The van der Waals surface area contributed by atoms with E-state index in [1.54, 1.807) is 0 Å². The summed E-state index contributed by atoms with van der Waals surface area (Å²) in [4.78, 5) is 16.6. The highest BCUT2D eigenvalue weighted by atomic mass is 16.5. The van der Waals surface area contributed by atoms with Crippen molar-refractivity contribution < 1.29 is 4.74 Å². The molecule has 0 unspecified atom stereocenters. The summed E-state index contributed by atoms with van der Waals surface area (Å²) >= 11 is 0. The number of aryl methyl sites for hydroxylation is 1. The fraction of sp³-hybridized carbons (Fsp3) is 0.261. The molecule has 5 rings (SSSR count). The Bertz CT molecular complexity index is 1150. The molecule has 3 heterocycles. The van der Waals surface area contributed by atoms with E-state index in [9.17, 15) is 0 Å². The first-order chi connectivity index (χ1) is 14.8. The molecule has 0 bridgehead atoms. The Kier molecular flexibility index (Phi) is 5.03. The number of hydrogen-bond donors (Lipinski definition) is 1. The normalized spacial score (nSPS) is 14.2. The predicted octanol–water partition coefficient (Wildman–Crippen LogP) is 3.48. The monoisotopic (exact) mass is 400 g/mol. The second-order valence-electron chi connectivity index (χ2n) is 7.36. The van der Waals surface area contributed by atoms with Crippen LogP contribution in [-0.4, -0.2) is 45.8 Å². The van der Waals surface area contributed by atoms with Gasteiger partial charge in [0, 0.05) is 37.3 Å². The molecule has 4 aromatic rings. The number of hydrogen-bond acceptors (Lipinski definition) is 6. The summed E-state index contributed by atoms with van der Waals surface area (Å²) < 4.78 is 7.55. The van der Waals surface area contributed by atoms with Gasteiger partial charge in [-0.15, -0.1) is 0 Å². The van der Waals surface area contributed by atoms with E-state index in [4.69, 9.17) is 19.7 Å². The zero-order chi connectivity index (χ0) is 20.3. The lowest BCUT2D eigenvalue weighted by molar-refractivity contribution is 0.122. The molecule has 1 N–H and O–H groups in total. The minimum atomic E-state index is 0.546. The molecule has 0 atom stereocenters. The fourth-order valence-electron chi connectivity index (χ4n) is 3.73. The number of aromatic nitrogens is 4. The first-order valence-electron chi connectivity index (χ1n) is 10.2. The van der Waals surface area contributed by atoms with Crippen LogP contribution >= 0.6 is 0 Å². The number of para-hydroxylation sites is 1. The van der Waals surface area contributed by atoms with Gasteiger partial charge in [0.2, 0.25) is 5.95 Å². The molecular weight excluding hydrogens is 376 g/mol. The highest BCUT2D eigenvalue weighted by Crippen LogP contribution is 2.26. The van der Waals surface area contributed by atoms with Gasteiger partial charge in [0.15, 0.2) is 0 Å². The summed E-state index contributed by atoms with van der Waals surface area (Å²) in [5.41, 5.74) is 3.00. The van der Waals surface area contributed by atoms with Crippen LogP contribution in [0.2, 0.25) is 0 Å². The Morgan fingerprint density at radius 1 is 0.933 bits per heavy atom. The molecule has 1 fully saturated rings. The van der Waals surface area contributed by atoms with Crippen LogP contribution in [0.25, 0.3) is 22.2 Å². The maximum absolute atomic E-state index is 5.51. The van der Waals surface area contributed by atoms with E-state index in [2.05, 4.69) is 28.4 Å². The van der Waals surface area contributed by atoms with Crippen molar-refractivity contribution in [2.75, 3.05) is 36.5 Å². The van der Waals surface area contributed by atoms with Gasteiger partial charge in [-0.25, -0.2) is 9.97 Å². The molecule has 30 heavy (non-hydrogen) atoms. The molecule has 0 amide bonds. The van der Waals surface area contributed by atoms with Crippen LogP contribution in [0.5, 0.6) is 0 Å². The van der Waals surface area contributed by atoms with Gasteiger partial charge < -0.3 is 19.5 Å². The maximum Gasteiger partial charge on any atom is 0.225 e. The number of fused-ring (bicyclic) bond motifs is 1. The molecule has 0 saturated carbocycles. The molecule has 7 heteroatoms. The van der Waals surface area contributed by atoms with Crippen LogP contribution < -0.4 is 10.2 Å². The summed E-state index contributed by atoms with van der Waals surface area (Å²) in [6.45, 7) is 3.65. The van der Waals surface area contributed by atoms with Gasteiger partial charge in [-0.3, -0.25) is 0 Å². The van der Waals surface area contributed by atoms with Crippen molar-refractivity contribution in [3.8, 4) is 11.3 Å². The molecule has 152 valence electrons. The van der Waals surface area contributed by atoms with E-state index in [1.807, 2.05) is 54.2 Å². The zero-order valence-electron chi connectivity index (χ0n) is 17.0. The van der Waals surface area contributed by atoms with E-state index >= 15 is 0 Å². The van der Waals surface area contributed by atoms with Crippen molar-refractivity contribution in [2.45, 2.75) is 6.54 Å². The summed E-state index contributed by atoms with van der Waals surface area (Å²) in [5, 5.41) is 4.44. The summed E-state index contributed by atoms with van der Waals surface area (Å²) in [6, 6.07) is 18.3. The number of imidazole rings is 1. The average molecular weight is 400 g/mol. The minimum absolute atomic E-state index is 0.546. The SMILES string of the molecule is Cn1cc(-c2ccccc2)nc1CNc1nc(N2CCOCC2)c2ccccc2n1. The van der Waals surface area contributed by atoms with Gasteiger partial charge in [0.05, 0.1) is 31.0 Å². The van der Waals surface area contributed by atoms with E-state index in [0.717, 1.165) is 60.1 Å². The number of anilines is 2. The lowest BCUT2D eigenvalue weighted by Crippen LogP contribution is -2.37. The minimum Gasteiger partial charge on any atom is -0.378 e. The molecule has 2 aromatic carbocycles. The van der Waals surface area contributed by atoms with Crippen LogP contribution in [0.15, 0.2) is 60.8 Å². The molecule has 1 saturated heterocycles. The third-order valence-corrected chi connectivity index (χ3v) is 5.34. The third kappa shape index (κ3) is 3.71. The number of rotatable bonds is 5. The van der Waals surface area contributed by atoms with Gasteiger partial charge in [0.1, 0.15) is 11.6 Å². The lowest BCUT2D eigenvalue weighted by Gasteiger charge is -2.29. The van der Waals surface area contributed by atoms with Crippen LogP contribution in [-0.2, 0) is 18.3 Å². The largest absolute Gasteiger partial charge is 0.378 e. The van der Waals surface area contributed by atoms with Crippen LogP contribution in [0, 0.1) is 0 Å². The number of morpholine rings is 1. The zero-order valence-corrected chi connectivity index (χ0v) is 17.0. The quantitative estimate of drug-likeness (QED) is 0.553. The first-order valence-corrected chi connectivity index (χ1v) is 10.2. The molecule has 7 nitrogen and oxygen atoms in total. The Hall–Kier alpha value is -3.45. The molecule has 0 radical (unpaired) electrons. The smallest absolute Gasteiger partial charge is 0.225 e. The number of ether oxygens (including phenoxy) is 1. The van der Waals surface area contributed by atoms with E-state index in [-0.39, 0.29) is 0 Å². The summed E-state index contributed by atoms with van der Waals surface area (Å²) in [7, 11) is 2.01. The predicted molar refractivity (Wildman–Crippen MR) is 119 cm³/mol. The van der Waals surface area contributed by atoms with Crippen LogP contribution in [0.1, 0.15) is 5.82 Å². The van der Waals surface area contributed by atoms with Crippen LogP contribution in [0.3, 0.4) is 0 Å². The maximum atomic E-state index is 5.51. The van der Waals surface area contributed by atoms with Gasteiger partial charge >= 0.3 is 0 Å². The Morgan fingerprint density at radius 3 is 2.53 bits per heavy atom. The van der Waals surface area contributed by atoms with Gasteiger partial charge in [-0.2, -0.15) is 4.98 Å². The highest BCUT2D eigenvalue weighted by Gasteiger charge is 2.17. The molecule has 1 aliphatic heterocycles. The second kappa shape index (κ2) is 8.12. The van der Waals surface area contributed by atoms with Crippen molar-refractivity contribution >= 4 is 22.7 Å². The standard InChI is InChI=1S/C23H24N6O/c1-28-16-20(17-7-3-2-4-8-17)25-21(28)15-24-23-26-19-10-6-5-9-18(19)22(27-23)29-11-13-30-14-12-29/h2-10,16H,11-15H2,1H3,(H,24,26,27). The Labute approximate surface area is 175 Å². The van der Waals surface area contributed by atoms with Gasteiger partial charge in [-0.1, -0.05) is 42.5 Å². The fourth-order valence-corrected chi connectivity index (χ4v) is 3.73. The van der Waals surface area contributed by atoms with E-state index < -0.39 is 0 Å². The van der Waals surface area contributed by atoms with Crippen molar-refractivity contribution in [1.82, 2.24) is 19.5 Å². The summed E-state index contributed by atoms with van der Waals surface area (Å²) in [6.07, 6.45) is 2.05. The molecular formula is C23H24N6O. The van der Waals surface area contributed by atoms with E-state index in [0.29, 0.717) is 12.5 Å². The van der Waals surface area contributed by atoms with Crippen LogP contribution in [0.4, 0.5) is 11.8 Å².